The second-order valence-electron chi connectivity index (χ2n) is 4.94. The van der Waals surface area contributed by atoms with E-state index in [-0.39, 0.29) is 5.54 Å². The highest BCUT2D eigenvalue weighted by Crippen LogP contribution is 2.38. The fourth-order valence-electron chi connectivity index (χ4n) is 2.89. The Morgan fingerprint density at radius 2 is 1.83 bits per heavy atom. The molecule has 0 saturated heterocycles. The van der Waals surface area contributed by atoms with E-state index in [1.54, 1.807) is 0 Å². The van der Waals surface area contributed by atoms with Crippen LogP contribution in [0, 0.1) is 0 Å². The number of fused-ring (bicyclic) bond motifs is 1. The van der Waals surface area contributed by atoms with Gasteiger partial charge < -0.3 is 5.32 Å². The summed E-state index contributed by atoms with van der Waals surface area (Å²) < 4.78 is 0. The predicted molar refractivity (Wildman–Crippen MR) is 76.1 cm³/mol. The number of hydrogen-bond acceptors (Lipinski definition) is 1. The Bertz CT molecular complexity index is 565. The summed E-state index contributed by atoms with van der Waals surface area (Å²) in [5.41, 5.74) is 3.66. The lowest BCUT2D eigenvalue weighted by Crippen LogP contribution is -2.46. The van der Waals surface area contributed by atoms with Crippen molar-refractivity contribution in [2.24, 2.45) is 0 Å². The molecule has 1 atom stereocenters. The summed E-state index contributed by atoms with van der Waals surface area (Å²) in [7, 11) is 0. The molecule has 0 bridgehead atoms. The zero-order valence-corrected chi connectivity index (χ0v) is 11.2. The van der Waals surface area contributed by atoms with Crippen LogP contribution in [-0.4, -0.2) is 6.54 Å². The Kier molecular flexibility index (Phi) is 2.89. The van der Waals surface area contributed by atoms with Crippen molar-refractivity contribution in [3.8, 4) is 0 Å². The third kappa shape index (κ3) is 1.75. The molecule has 0 fully saturated rings. The van der Waals surface area contributed by atoms with E-state index in [0.717, 1.165) is 18.0 Å². The summed E-state index contributed by atoms with van der Waals surface area (Å²) in [6.45, 7) is 3.20. The van der Waals surface area contributed by atoms with Crippen LogP contribution in [0.25, 0.3) is 0 Å². The van der Waals surface area contributed by atoms with Gasteiger partial charge in [-0.2, -0.15) is 0 Å². The van der Waals surface area contributed by atoms with Gasteiger partial charge in [-0.05, 0) is 36.1 Å². The summed E-state index contributed by atoms with van der Waals surface area (Å²) in [4.78, 5) is 0. The Labute approximate surface area is 113 Å². The summed E-state index contributed by atoms with van der Waals surface area (Å²) in [5.74, 6) is 0. The van der Waals surface area contributed by atoms with E-state index < -0.39 is 0 Å². The second-order valence-corrected chi connectivity index (χ2v) is 5.35. The molecule has 1 nitrogen and oxygen atoms in total. The van der Waals surface area contributed by atoms with E-state index in [1.165, 1.54) is 16.7 Å². The molecule has 2 heteroatoms. The van der Waals surface area contributed by atoms with Gasteiger partial charge in [0.05, 0.1) is 5.54 Å². The highest BCUT2D eigenvalue weighted by molar-refractivity contribution is 6.31. The lowest BCUT2D eigenvalue weighted by molar-refractivity contribution is 0.415. The maximum atomic E-state index is 6.44. The van der Waals surface area contributed by atoms with E-state index in [9.17, 15) is 0 Å². The van der Waals surface area contributed by atoms with Crippen molar-refractivity contribution in [3.63, 3.8) is 0 Å². The van der Waals surface area contributed by atoms with Crippen LogP contribution in [-0.2, 0) is 12.0 Å². The van der Waals surface area contributed by atoms with Gasteiger partial charge in [-0.1, -0.05) is 54.1 Å². The van der Waals surface area contributed by atoms with Crippen molar-refractivity contribution in [1.29, 1.82) is 0 Å². The highest BCUT2D eigenvalue weighted by Gasteiger charge is 2.34. The monoisotopic (exact) mass is 257 g/mol. The van der Waals surface area contributed by atoms with Crippen molar-refractivity contribution in [1.82, 2.24) is 5.32 Å². The first-order valence-electron chi connectivity index (χ1n) is 6.30. The average Bonchev–Trinajstić information content (AvgIpc) is 2.40. The molecule has 1 N–H and O–H groups in total. The van der Waals surface area contributed by atoms with Crippen LogP contribution < -0.4 is 5.32 Å². The number of nitrogens with one attached hydrogen (secondary N) is 1. The van der Waals surface area contributed by atoms with E-state index in [1.807, 2.05) is 18.2 Å². The Morgan fingerprint density at radius 3 is 2.61 bits per heavy atom. The van der Waals surface area contributed by atoms with E-state index >= 15 is 0 Å². The molecule has 92 valence electrons. The number of benzene rings is 2. The first-order valence-corrected chi connectivity index (χ1v) is 6.68. The van der Waals surface area contributed by atoms with Gasteiger partial charge in [0, 0.05) is 11.6 Å². The number of hydrogen-bond donors (Lipinski definition) is 1. The first-order chi connectivity index (χ1) is 8.72. The Hall–Kier alpha value is -1.31. The fourth-order valence-corrected chi connectivity index (χ4v) is 3.27. The molecule has 1 aliphatic heterocycles. The van der Waals surface area contributed by atoms with Gasteiger partial charge in [0.15, 0.2) is 0 Å². The van der Waals surface area contributed by atoms with Crippen LogP contribution in [0.5, 0.6) is 0 Å². The van der Waals surface area contributed by atoms with Crippen LogP contribution in [0.3, 0.4) is 0 Å². The number of rotatable bonds is 1. The summed E-state index contributed by atoms with van der Waals surface area (Å²) in [6, 6.07) is 16.7. The molecule has 0 spiro atoms. The van der Waals surface area contributed by atoms with E-state index in [0.29, 0.717) is 0 Å². The van der Waals surface area contributed by atoms with Gasteiger partial charge in [-0.25, -0.2) is 0 Å². The van der Waals surface area contributed by atoms with Crippen LogP contribution in [0.4, 0.5) is 0 Å². The van der Waals surface area contributed by atoms with Gasteiger partial charge in [0.2, 0.25) is 0 Å². The molecular weight excluding hydrogens is 242 g/mol. The summed E-state index contributed by atoms with van der Waals surface area (Å²) in [6.07, 6.45) is 1.04. The highest BCUT2D eigenvalue weighted by atomic mass is 35.5. The SMILES string of the molecule is CC1(c2ccccc2)NCCc2cccc(Cl)c21. The molecule has 1 unspecified atom stereocenters. The van der Waals surface area contributed by atoms with Crippen molar-refractivity contribution < 1.29 is 0 Å². The quantitative estimate of drug-likeness (QED) is 0.821. The van der Waals surface area contributed by atoms with Crippen LogP contribution in [0.1, 0.15) is 23.6 Å². The van der Waals surface area contributed by atoms with E-state index in [4.69, 9.17) is 11.6 Å². The third-order valence-corrected chi connectivity index (χ3v) is 4.14. The first kappa shape index (κ1) is 11.8. The predicted octanol–water partition coefficient (Wildman–Crippen LogP) is 3.75. The van der Waals surface area contributed by atoms with Crippen LogP contribution in [0.2, 0.25) is 5.02 Å². The third-order valence-electron chi connectivity index (χ3n) is 3.82. The normalized spacial score (nSPS) is 22.6. The molecule has 1 aliphatic rings. The van der Waals surface area contributed by atoms with Gasteiger partial charge in [-0.3, -0.25) is 0 Å². The second kappa shape index (κ2) is 4.42. The summed E-state index contributed by atoms with van der Waals surface area (Å²) >= 11 is 6.44. The smallest absolute Gasteiger partial charge is 0.0679 e. The van der Waals surface area contributed by atoms with Crippen molar-refractivity contribution in [2.75, 3.05) is 6.54 Å². The minimum absolute atomic E-state index is 0.187. The Morgan fingerprint density at radius 1 is 1.06 bits per heavy atom. The lowest BCUT2D eigenvalue weighted by Gasteiger charge is -2.38. The lowest BCUT2D eigenvalue weighted by atomic mass is 9.79. The van der Waals surface area contributed by atoms with Gasteiger partial charge in [0.1, 0.15) is 0 Å². The standard InChI is InChI=1S/C16H16ClN/c1-16(13-7-3-2-4-8-13)15-12(10-11-18-16)6-5-9-14(15)17/h2-9,18H,10-11H2,1H3. The van der Waals surface area contributed by atoms with Crippen molar-refractivity contribution in [3.05, 3.63) is 70.2 Å². The molecule has 2 aromatic rings. The molecule has 3 rings (SSSR count). The van der Waals surface area contributed by atoms with Crippen LogP contribution in [0.15, 0.2) is 48.5 Å². The largest absolute Gasteiger partial charge is 0.304 e. The molecular formula is C16H16ClN. The summed E-state index contributed by atoms with van der Waals surface area (Å²) in [5, 5.41) is 4.48. The van der Waals surface area contributed by atoms with Crippen LogP contribution >= 0.6 is 11.6 Å². The minimum atomic E-state index is -0.187. The zero-order chi connectivity index (χ0) is 12.6. The zero-order valence-electron chi connectivity index (χ0n) is 10.4. The molecule has 0 aliphatic carbocycles. The molecule has 0 aromatic heterocycles. The molecule has 0 radical (unpaired) electrons. The molecule has 18 heavy (non-hydrogen) atoms. The van der Waals surface area contributed by atoms with Crippen molar-refractivity contribution >= 4 is 11.6 Å². The maximum absolute atomic E-state index is 6.44. The minimum Gasteiger partial charge on any atom is -0.304 e. The molecule has 0 amide bonds. The van der Waals surface area contributed by atoms with Gasteiger partial charge in [-0.15, -0.1) is 0 Å². The molecule has 0 saturated carbocycles. The topological polar surface area (TPSA) is 12.0 Å². The molecule has 2 aromatic carbocycles. The van der Waals surface area contributed by atoms with Gasteiger partial charge >= 0.3 is 0 Å². The average molecular weight is 258 g/mol. The number of halogens is 1. The fraction of sp³-hybridized carbons (Fsp3) is 0.250. The maximum Gasteiger partial charge on any atom is 0.0679 e. The molecule has 1 heterocycles. The van der Waals surface area contributed by atoms with Gasteiger partial charge in [0.25, 0.3) is 0 Å². The van der Waals surface area contributed by atoms with Crippen molar-refractivity contribution in [2.45, 2.75) is 18.9 Å². The van der Waals surface area contributed by atoms with E-state index in [2.05, 4.69) is 42.6 Å². The Balaban J connectivity index is 2.22.